The Kier molecular flexibility index (Phi) is 6.42. The highest BCUT2D eigenvalue weighted by Crippen LogP contribution is 2.22. The average Bonchev–Trinajstić information content (AvgIpc) is 2.56. The minimum absolute atomic E-state index is 0.161. The molecule has 0 aromatic heterocycles. The number of carbonyl (C=O) groups excluding carboxylic acids is 1. The Morgan fingerprint density at radius 3 is 2.40 bits per heavy atom. The van der Waals surface area contributed by atoms with Crippen molar-refractivity contribution in [2.45, 2.75) is 11.8 Å². The molecule has 0 saturated heterocycles. The van der Waals surface area contributed by atoms with Crippen LogP contribution in [0.2, 0.25) is 0 Å². The van der Waals surface area contributed by atoms with Gasteiger partial charge in [0, 0.05) is 23.4 Å². The van der Waals surface area contributed by atoms with Gasteiger partial charge < -0.3 is 10.1 Å². The molecule has 6 nitrogen and oxygen atoms in total. The number of benzene rings is 2. The molecule has 0 atom stereocenters. The summed E-state index contributed by atoms with van der Waals surface area (Å²) < 4.78 is 32.3. The molecule has 2 aromatic rings. The van der Waals surface area contributed by atoms with Crippen molar-refractivity contribution in [3.8, 4) is 5.75 Å². The van der Waals surface area contributed by atoms with E-state index < -0.39 is 10.0 Å². The molecule has 2 aromatic carbocycles. The normalized spacial score (nSPS) is 11.4. The van der Waals surface area contributed by atoms with E-state index in [-0.39, 0.29) is 17.4 Å². The second-order valence-electron chi connectivity index (χ2n) is 5.56. The van der Waals surface area contributed by atoms with Crippen LogP contribution in [0.15, 0.2) is 47.4 Å². The van der Waals surface area contributed by atoms with Gasteiger partial charge in [-0.05, 0) is 71.5 Å². The number of nitrogens with one attached hydrogen (secondary N) is 1. The minimum Gasteiger partial charge on any atom is -0.484 e. The maximum absolute atomic E-state index is 12.3. The SMILES string of the molecule is Cc1ccc(NC(=O)COc2ccc(I)cc2)cc1S(=O)(=O)N(C)C. The maximum atomic E-state index is 12.3. The standard InChI is InChI=1S/C17H19IN2O4S/c1-12-4-7-14(10-16(12)25(22,23)20(2)3)19-17(21)11-24-15-8-5-13(18)6-9-15/h4-10H,11H2,1-3H3,(H,19,21). The number of ether oxygens (including phenoxy) is 1. The second kappa shape index (κ2) is 8.15. The molecule has 0 heterocycles. The quantitative estimate of drug-likeness (QED) is 0.654. The van der Waals surface area contributed by atoms with Gasteiger partial charge in [0.1, 0.15) is 5.75 Å². The first kappa shape index (κ1) is 19.7. The third-order valence-corrected chi connectivity index (χ3v) is 6.09. The molecule has 1 N–H and O–H groups in total. The monoisotopic (exact) mass is 474 g/mol. The summed E-state index contributed by atoms with van der Waals surface area (Å²) in [7, 11) is -0.641. The third kappa shape index (κ3) is 5.16. The molecule has 0 aliphatic rings. The first-order chi connectivity index (χ1) is 11.7. The van der Waals surface area contributed by atoms with Crippen molar-refractivity contribution in [2.75, 3.05) is 26.0 Å². The highest BCUT2D eigenvalue weighted by molar-refractivity contribution is 14.1. The number of halogens is 1. The third-order valence-electron chi connectivity index (χ3n) is 3.41. The zero-order valence-electron chi connectivity index (χ0n) is 14.1. The lowest BCUT2D eigenvalue weighted by Gasteiger charge is -2.15. The van der Waals surface area contributed by atoms with Gasteiger partial charge in [0.05, 0.1) is 4.90 Å². The van der Waals surface area contributed by atoms with Crippen LogP contribution in [0.5, 0.6) is 5.75 Å². The van der Waals surface area contributed by atoms with Crippen molar-refractivity contribution < 1.29 is 17.9 Å². The van der Waals surface area contributed by atoms with Gasteiger partial charge in [-0.1, -0.05) is 6.07 Å². The summed E-state index contributed by atoms with van der Waals surface area (Å²) in [5, 5.41) is 2.65. The van der Waals surface area contributed by atoms with Crippen LogP contribution >= 0.6 is 22.6 Å². The van der Waals surface area contributed by atoms with Gasteiger partial charge in [0.25, 0.3) is 5.91 Å². The average molecular weight is 474 g/mol. The van der Waals surface area contributed by atoms with Crippen molar-refractivity contribution in [1.82, 2.24) is 4.31 Å². The molecule has 0 radical (unpaired) electrons. The van der Waals surface area contributed by atoms with Crippen molar-refractivity contribution in [1.29, 1.82) is 0 Å². The van der Waals surface area contributed by atoms with Crippen molar-refractivity contribution in [3.05, 3.63) is 51.6 Å². The molecular formula is C17H19IN2O4S. The van der Waals surface area contributed by atoms with Crippen LogP contribution in [0.4, 0.5) is 5.69 Å². The van der Waals surface area contributed by atoms with Crippen LogP contribution in [0.1, 0.15) is 5.56 Å². The lowest BCUT2D eigenvalue weighted by molar-refractivity contribution is -0.118. The van der Waals surface area contributed by atoms with Gasteiger partial charge in [0.2, 0.25) is 10.0 Å². The van der Waals surface area contributed by atoms with Gasteiger partial charge in [-0.25, -0.2) is 12.7 Å². The molecule has 0 bridgehead atoms. The molecule has 0 unspecified atom stereocenters. The molecule has 8 heteroatoms. The fourth-order valence-electron chi connectivity index (χ4n) is 2.03. The number of hydrogen-bond donors (Lipinski definition) is 1. The van der Waals surface area contributed by atoms with E-state index in [1.54, 1.807) is 31.2 Å². The Hall–Kier alpha value is -1.65. The lowest BCUT2D eigenvalue weighted by Crippen LogP contribution is -2.24. The first-order valence-electron chi connectivity index (χ1n) is 7.41. The number of anilines is 1. The van der Waals surface area contributed by atoms with Crippen molar-refractivity contribution in [2.24, 2.45) is 0 Å². The van der Waals surface area contributed by atoms with E-state index in [1.807, 2.05) is 12.1 Å². The van der Waals surface area contributed by atoms with Crippen molar-refractivity contribution in [3.63, 3.8) is 0 Å². The fourth-order valence-corrected chi connectivity index (χ4v) is 3.53. The Labute approximate surface area is 161 Å². The summed E-state index contributed by atoms with van der Waals surface area (Å²) >= 11 is 2.18. The zero-order valence-corrected chi connectivity index (χ0v) is 17.1. The largest absolute Gasteiger partial charge is 0.484 e. The summed E-state index contributed by atoms with van der Waals surface area (Å²) in [5.41, 5.74) is 1.02. The van der Waals surface area contributed by atoms with Crippen LogP contribution in [-0.2, 0) is 14.8 Å². The van der Waals surface area contributed by atoms with E-state index in [9.17, 15) is 13.2 Å². The molecule has 1 amide bonds. The highest BCUT2D eigenvalue weighted by Gasteiger charge is 2.20. The molecule has 134 valence electrons. The van der Waals surface area contributed by atoms with E-state index >= 15 is 0 Å². The predicted octanol–water partition coefficient (Wildman–Crippen LogP) is 2.87. The molecule has 0 spiro atoms. The molecule has 2 rings (SSSR count). The van der Waals surface area contributed by atoms with Crippen LogP contribution < -0.4 is 10.1 Å². The van der Waals surface area contributed by atoms with E-state index in [2.05, 4.69) is 27.9 Å². The number of rotatable bonds is 6. The summed E-state index contributed by atoms with van der Waals surface area (Å²) in [5.74, 6) is 0.228. The predicted molar refractivity (Wildman–Crippen MR) is 105 cm³/mol. The zero-order chi connectivity index (χ0) is 18.6. The minimum atomic E-state index is -3.58. The number of nitrogens with zero attached hydrogens (tertiary/aromatic N) is 1. The van der Waals surface area contributed by atoms with E-state index in [4.69, 9.17) is 4.74 Å². The van der Waals surface area contributed by atoms with Crippen LogP contribution in [0.3, 0.4) is 0 Å². The number of hydrogen-bond acceptors (Lipinski definition) is 4. The Bertz CT molecular complexity index is 865. The lowest BCUT2D eigenvalue weighted by atomic mass is 10.2. The highest BCUT2D eigenvalue weighted by atomic mass is 127. The second-order valence-corrected chi connectivity index (χ2v) is 8.92. The van der Waals surface area contributed by atoms with Gasteiger partial charge in [-0.2, -0.15) is 0 Å². The number of carbonyl (C=O) groups is 1. The smallest absolute Gasteiger partial charge is 0.262 e. The van der Waals surface area contributed by atoms with Crippen LogP contribution in [0.25, 0.3) is 0 Å². The van der Waals surface area contributed by atoms with E-state index in [1.165, 1.54) is 20.2 Å². The van der Waals surface area contributed by atoms with Gasteiger partial charge in [-0.3, -0.25) is 4.79 Å². The Balaban J connectivity index is 2.07. The summed E-state index contributed by atoms with van der Waals surface area (Å²) in [6, 6.07) is 12.1. The molecule has 25 heavy (non-hydrogen) atoms. The van der Waals surface area contributed by atoms with Crippen LogP contribution in [-0.4, -0.2) is 39.3 Å². The fraction of sp³-hybridized carbons (Fsp3) is 0.235. The topological polar surface area (TPSA) is 75.7 Å². The first-order valence-corrected chi connectivity index (χ1v) is 9.93. The number of sulfonamides is 1. The van der Waals surface area contributed by atoms with Gasteiger partial charge >= 0.3 is 0 Å². The molecule has 0 saturated carbocycles. The number of aryl methyl sites for hydroxylation is 1. The summed E-state index contributed by atoms with van der Waals surface area (Å²) in [6.45, 7) is 1.55. The van der Waals surface area contributed by atoms with Crippen molar-refractivity contribution >= 4 is 44.2 Å². The number of amides is 1. The van der Waals surface area contributed by atoms with E-state index in [0.29, 0.717) is 17.0 Å². The molecule has 0 fully saturated rings. The molecular weight excluding hydrogens is 455 g/mol. The van der Waals surface area contributed by atoms with Crippen LogP contribution in [0, 0.1) is 10.5 Å². The maximum Gasteiger partial charge on any atom is 0.262 e. The van der Waals surface area contributed by atoms with Gasteiger partial charge in [0.15, 0.2) is 6.61 Å². The Morgan fingerprint density at radius 2 is 1.80 bits per heavy atom. The van der Waals surface area contributed by atoms with Gasteiger partial charge in [-0.15, -0.1) is 0 Å². The Morgan fingerprint density at radius 1 is 1.16 bits per heavy atom. The molecule has 0 aliphatic heterocycles. The summed E-state index contributed by atoms with van der Waals surface area (Å²) in [6.07, 6.45) is 0. The summed E-state index contributed by atoms with van der Waals surface area (Å²) in [4.78, 5) is 12.2. The van der Waals surface area contributed by atoms with E-state index in [0.717, 1.165) is 7.88 Å². The molecule has 0 aliphatic carbocycles.